The number of likely N-dealkylation sites (tertiary alicyclic amines) is 1. The number of hydrogen-bond acceptors (Lipinski definition) is 4. The zero-order chi connectivity index (χ0) is 16.5. The number of aromatic nitrogens is 3. The van der Waals surface area contributed by atoms with Gasteiger partial charge in [-0.2, -0.15) is 0 Å². The van der Waals surface area contributed by atoms with Crippen LogP contribution >= 0.6 is 0 Å². The molecule has 0 saturated carbocycles. The molecule has 0 spiro atoms. The molecular formula is C19H22N4O. The highest BCUT2D eigenvalue weighted by atomic mass is 16.5. The van der Waals surface area contributed by atoms with Crippen molar-refractivity contribution >= 4 is 5.65 Å². The van der Waals surface area contributed by atoms with Gasteiger partial charge < -0.3 is 4.74 Å². The predicted molar refractivity (Wildman–Crippen MR) is 94.3 cm³/mol. The molecule has 1 aromatic carbocycles. The minimum absolute atomic E-state index is 0.223. The van der Waals surface area contributed by atoms with Gasteiger partial charge in [-0.05, 0) is 26.0 Å². The Morgan fingerprint density at radius 3 is 2.75 bits per heavy atom. The second kappa shape index (κ2) is 6.24. The summed E-state index contributed by atoms with van der Waals surface area (Å²) in [6.45, 7) is 7.43. The van der Waals surface area contributed by atoms with E-state index in [0.717, 1.165) is 43.0 Å². The Kier molecular flexibility index (Phi) is 3.94. The minimum Gasteiger partial charge on any atom is -0.472 e. The lowest BCUT2D eigenvalue weighted by Crippen LogP contribution is -2.24. The van der Waals surface area contributed by atoms with Crippen molar-refractivity contribution in [2.45, 2.75) is 26.4 Å². The van der Waals surface area contributed by atoms with E-state index < -0.39 is 0 Å². The molecule has 2 aromatic heterocycles. The maximum Gasteiger partial charge on any atom is 0.232 e. The highest BCUT2D eigenvalue weighted by Crippen LogP contribution is 2.23. The van der Waals surface area contributed by atoms with Gasteiger partial charge in [0, 0.05) is 24.7 Å². The normalized spacial score (nSPS) is 18.3. The number of nitrogens with zero attached hydrogens (tertiary/aromatic N) is 4. The molecule has 24 heavy (non-hydrogen) atoms. The third kappa shape index (κ3) is 2.87. The Bertz CT molecular complexity index is 840. The van der Waals surface area contributed by atoms with E-state index in [2.05, 4.69) is 53.1 Å². The number of fused-ring (bicyclic) bond motifs is 1. The topological polar surface area (TPSA) is 42.7 Å². The van der Waals surface area contributed by atoms with Gasteiger partial charge in [-0.25, -0.2) is 9.50 Å². The zero-order valence-electron chi connectivity index (χ0n) is 14.1. The van der Waals surface area contributed by atoms with Gasteiger partial charge in [0.25, 0.3) is 0 Å². The van der Waals surface area contributed by atoms with E-state index in [1.807, 2.05) is 22.8 Å². The van der Waals surface area contributed by atoms with Gasteiger partial charge >= 0.3 is 0 Å². The monoisotopic (exact) mass is 322 g/mol. The Hall–Kier alpha value is -2.40. The van der Waals surface area contributed by atoms with Crippen LogP contribution in [0.2, 0.25) is 0 Å². The van der Waals surface area contributed by atoms with Gasteiger partial charge in [-0.15, -0.1) is 5.10 Å². The van der Waals surface area contributed by atoms with Crippen LogP contribution in [0.4, 0.5) is 0 Å². The lowest BCUT2D eigenvalue weighted by Gasteiger charge is -2.14. The molecule has 5 heteroatoms. The summed E-state index contributed by atoms with van der Waals surface area (Å²) >= 11 is 0. The Morgan fingerprint density at radius 2 is 2.00 bits per heavy atom. The standard InChI is InChI=1S/C19H22N4O/c1-3-22-11-10-16(13-22)24-19-9-8-18-20-12-17(23(18)21-19)15-6-4-14(2)5-7-15/h4-9,12,16H,3,10-11,13H2,1-2H3. The van der Waals surface area contributed by atoms with Crippen molar-refractivity contribution in [3.05, 3.63) is 48.2 Å². The first-order chi connectivity index (χ1) is 11.7. The van der Waals surface area contributed by atoms with E-state index in [1.54, 1.807) is 0 Å². The van der Waals surface area contributed by atoms with Crippen LogP contribution in [0.15, 0.2) is 42.6 Å². The van der Waals surface area contributed by atoms with Crippen molar-refractivity contribution < 1.29 is 4.74 Å². The second-order valence-electron chi connectivity index (χ2n) is 6.37. The minimum atomic E-state index is 0.223. The average Bonchev–Trinajstić information content (AvgIpc) is 3.22. The quantitative estimate of drug-likeness (QED) is 0.740. The van der Waals surface area contributed by atoms with Crippen molar-refractivity contribution in [1.29, 1.82) is 0 Å². The Balaban J connectivity index is 1.62. The van der Waals surface area contributed by atoms with Crippen LogP contribution in [-0.2, 0) is 0 Å². The molecule has 1 atom stereocenters. The summed E-state index contributed by atoms with van der Waals surface area (Å²) in [5.41, 5.74) is 4.17. The van der Waals surface area contributed by atoms with Crippen LogP contribution in [0.25, 0.3) is 16.9 Å². The highest BCUT2D eigenvalue weighted by molar-refractivity contribution is 5.63. The third-order valence-corrected chi connectivity index (χ3v) is 4.65. The fraction of sp³-hybridized carbons (Fsp3) is 0.368. The fourth-order valence-corrected chi connectivity index (χ4v) is 3.19. The van der Waals surface area contributed by atoms with Crippen molar-refractivity contribution in [3.63, 3.8) is 0 Å². The largest absolute Gasteiger partial charge is 0.472 e. The van der Waals surface area contributed by atoms with Crippen LogP contribution in [0.1, 0.15) is 18.9 Å². The SMILES string of the molecule is CCN1CCC(Oc2ccc3ncc(-c4ccc(C)cc4)n3n2)C1. The molecule has 1 aliphatic rings. The fourth-order valence-electron chi connectivity index (χ4n) is 3.19. The summed E-state index contributed by atoms with van der Waals surface area (Å²) in [7, 11) is 0. The predicted octanol–water partition coefficient (Wildman–Crippen LogP) is 3.18. The number of imidazole rings is 1. The molecule has 0 bridgehead atoms. The van der Waals surface area contributed by atoms with E-state index >= 15 is 0 Å². The van der Waals surface area contributed by atoms with Crippen molar-refractivity contribution in [2.24, 2.45) is 0 Å². The van der Waals surface area contributed by atoms with Gasteiger partial charge in [-0.3, -0.25) is 4.90 Å². The lowest BCUT2D eigenvalue weighted by atomic mass is 10.1. The smallest absolute Gasteiger partial charge is 0.232 e. The molecule has 124 valence electrons. The summed E-state index contributed by atoms with van der Waals surface area (Å²) in [6, 6.07) is 12.3. The second-order valence-corrected chi connectivity index (χ2v) is 6.37. The molecular weight excluding hydrogens is 300 g/mol. The van der Waals surface area contributed by atoms with E-state index in [0.29, 0.717) is 5.88 Å². The van der Waals surface area contributed by atoms with E-state index in [1.165, 1.54) is 5.56 Å². The van der Waals surface area contributed by atoms with Crippen LogP contribution < -0.4 is 4.74 Å². The Labute approximate surface area is 141 Å². The maximum absolute atomic E-state index is 6.09. The van der Waals surface area contributed by atoms with Gasteiger partial charge in [0.05, 0.1) is 11.9 Å². The van der Waals surface area contributed by atoms with Crippen molar-refractivity contribution in [1.82, 2.24) is 19.5 Å². The van der Waals surface area contributed by atoms with E-state index in [-0.39, 0.29) is 6.10 Å². The molecule has 1 unspecified atom stereocenters. The van der Waals surface area contributed by atoms with Crippen molar-refractivity contribution in [2.75, 3.05) is 19.6 Å². The molecule has 4 rings (SSSR count). The van der Waals surface area contributed by atoms with Gasteiger partial charge in [0.2, 0.25) is 5.88 Å². The van der Waals surface area contributed by atoms with Crippen LogP contribution in [0.3, 0.4) is 0 Å². The lowest BCUT2D eigenvalue weighted by molar-refractivity contribution is 0.192. The van der Waals surface area contributed by atoms with Gasteiger partial charge in [-0.1, -0.05) is 36.8 Å². The summed E-state index contributed by atoms with van der Waals surface area (Å²) in [4.78, 5) is 6.85. The number of hydrogen-bond donors (Lipinski definition) is 0. The van der Waals surface area contributed by atoms with Gasteiger partial charge in [0.15, 0.2) is 5.65 Å². The molecule has 1 fully saturated rings. The molecule has 0 amide bonds. The maximum atomic E-state index is 6.09. The van der Waals surface area contributed by atoms with Crippen LogP contribution in [0, 0.1) is 6.92 Å². The number of aryl methyl sites for hydroxylation is 1. The summed E-state index contributed by atoms with van der Waals surface area (Å²) < 4.78 is 7.96. The van der Waals surface area contributed by atoms with Crippen molar-refractivity contribution in [3.8, 4) is 17.1 Å². The summed E-state index contributed by atoms with van der Waals surface area (Å²) in [5, 5.41) is 4.66. The zero-order valence-corrected chi connectivity index (χ0v) is 14.1. The first-order valence-electron chi connectivity index (χ1n) is 8.54. The molecule has 5 nitrogen and oxygen atoms in total. The summed E-state index contributed by atoms with van der Waals surface area (Å²) in [6.07, 6.45) is 3.15. The highest BCUT2D eigenvalue weighted by Gasteiger charge is 2.23. The molecule has 0 N–H and O–H groups in total. The number of likely N-dealkylation sites (N-methyl/N-ethyl adjacent to an activating group) is 1. The van der Waals surface area contributed by atoms with E-state index in [4.69, 9.17) is 4.74 Å². The Morgan fingerprint density at radius 1 is 1.17 bits per heavy atom. The molecule has 3 aromatic rings. The number of ether oxygens (including phenoxy) is 1. The summed E-state index contributed by atoms with van der Waals surface area (Å²) in [5.74, 6) is 0.664. The molecule has 1 saturated heterocycles. The molecule has 0 radical (unpaired) electrons. The number of benzene rings is 1. The van der Waals surface area contributed by atoms with Gasteiger partial charge in [0.1, 0.15) is 6.10 Å². The molecule has 3 heterocycles. The van der Waals surface area contributed by atoms with Crippen LogP contribution in [0.5, 0.6) is 5.88 Å². The third-order valence-electron chi connectivity index (χ3n) is 4.65. The first kappa shape index (κ1) is 15.1. The first-order valence-corrected chi connectivity index (χ1v) is 8.54. The number of rotatable bonds is 4. The molecule has 1 aliphatic heterocycles. The average molecular weight is 322 g/mol. The molecule has 0 aliphatic carbocycles. The van der Waals surface area contributed by atoms with E-state index in [9.17, 15) is 0 Å². The van der Waals surface area contributed by atoms with Crippen LogP contribution in [-0.4, -0.2) is 45.2 Å².